The van der Waals surface area contributed by atoms with Crippen molar-refractivity contribution < 1.29 is 0 Å². The highest BCUT2D eigenvalue weighted by Gasteiger charge is 2.00. The van der Waals surface area contributed by atoms with Gasteiger partial charge in [0.15, 0.2) is 0 Å². The molecule has 0 aliphatic rings. The Bertz CT molecular complexity index is 472. The highest BCUT2D eigenvalue weighted by molar-refractivity contribution is 7.55. The first-order chi connectivity index (χ1) is 9.06. The zero-order valence-electron chi connectivity index (χ0n) is 12.6. The maximum Gasteiger partial charge on any atom is 0.0361 e. The van der Waals surface area contributed by atoms with Gasteiger partial charge in [-0.25, -0.2) is 0 Å². The van der Waals surface area contributed by atoms with Crippen LogP contribution in [0.15, 0.2) is 48.5 Å². The van der Waals surface area contributed by atoms with E-state index in [0.29, 0.717) is 0 Å². The van der Waals surface area contributed by atoms with Crippen LogP contribution >= 0.6 is 8.58 Å². The number of benzene rings is 2. The molecular weight excluding hydrogens is 262 g/mol. The van der Waals surface area contributed by atoms with Crippen molar-refractivity contribution in [3.8, 4) is 0 Å². The van der Waals surface area contributed by atoms with E-state index in [9.17, 15) is 0 Å². The van der Waals surface area contributed by atoms with E-state index in [1.54, 1.807) is 0 Å². The van der Waals surface area contributed by atoms with Crippen LogP contribution in [0.5, 0.6) is 0 Å². The van der Waals surface area contributed by atoms with Crippen LogP contribution in [0.4, 0.5) is 11.4 Å². The van der Waals surface area contributed by atoms with Gasteiger partial charge in [-0.3, -0.25) is 0 Å². The molecule has 0 aliphatic carbocycles. The summed E-state index contributed by atoms with van der Waals surface area (Å²) in [6.45, 7) is 0. The minimum absolute atomic E-state index is 0. The van der Waals surface area contributed by atoms with Crippen LogP contribution in [-0.4, -0.2) is 36.6 Å². The third kappa shape index (κ3) is 4.28. The molecule has 0 spiro atoms. The summed E-state index contributed by atoms with van der Waals surface area (Å²) in [5.74, 6) is 0. The molecule has 2 nitrogen and oxygen atoms in total. The second-order valence-corrected chi connectivity index (χ2v) is 6.41. The average Bonchev–Trinajstić information content (AvgIpc) is 2.40. The van der Waals surface area contributed by atoms with E-state index in [0.717, 1.165) is 8.58 Å². The first-order valence-electron chi connectivity index (χ1n) is 6.38. The standard InChI is InChI=1S/C16H21N2P.B/c1-17(2)13-5-9-15(10-6-13)19-16-11-7-14(8-12-16)18(3)4;/h5-12,19H,1-4H3;. The maximum atomic E-state index is 2.22. The Labute approximate surface area is 126 Å². The first kappa shape index (κ1) is 16.6. The largest absolute Gasteiger partial charge is 0.378 e. The van der Waals surface area contributed by atoms with E-state index in [1.165, 1.54) is 22.0 Å². The van der Waals surface area contributed by atoms with Gasteiger partial charge in [-0.1, -0.05) is 32.8 Å². The quantitative estimate of drug-likeness (QED) is 0.626. The third-order valence-electron chi connectivity index (χ3n) is 3.06. The second-order valence-electron chi connectivity index (χ2n) is 5.01. The Balaban J connectivity index is 0.00000200. The van der Waals surface area contributed by atoms with E-state index >= 15 is 0 Å². The smallest absolute Gasteiger partial charge is 0.0361 e. The number of hydrogen-bond acceptors (Lipinski definition) is 2. The van der Waals surface area contributed by atoms with Crippen LogP contribution in [0.2, 0.25) is 0 Å². The molecule has 2 aromatic carbocycles. The molecule has 0 saturated carbocycles. The van der Waals surface area contributed by atoms with Crippen LogP contribution < -0.4 is 20.4 Å². The van der Waals surface area contributed by atoms with Gasteiger partial charge in [0, 0.05) is 48.0 Å². The topological polar surface area (TPSA) is 6.48 Å². The Morgan fingerprint density at radius 2 is 0.900 bits per heavy atom. The zero-order chi connectivity index (χ0) is 13.8. The SMILES string of the molecule is CN(C)c1ccc(Pc2ccc(N(C)C)cc2)cc1.[B]. The van der Waals surface area contributed by atoms with Crippen molar-refractivity contribution >= 4 is 39.0 Å². The molecule has 0 unspecified atom stereocenters. The number of rotatable bonds is 4. The van der Waals surface area contributed by atoms with Crippen molar-refractivity contribution in [3.63, 3.8) is 0 Å². The molecule has 0 amide bonds. The second kappa shape index (κ2) is 7.35. The van der Waals surface area contributed by atoms with Gasteiger partial charge in [-0.2, -0.15) is 0 Å². The predicted molar refractivity (Wildman–Crippen MR) is 94.9 cm³/mol. The summed E-state index contributed by atoms with van der Waals surface area (Å²) in [7, 11) is 8.99. The van der Waals surface area contributed by atoms with Crippen LogP contribution in [-0.2, 0) is 0 Å². The molecule has 103 valence electrons. The fourth-order valence-corrected chi connectivity index (χ4v) is 2.85. The van der Waals surface area contributed by atoms with Gasteiger partial charge in [0.05, 0.1) is 0 Å². The molecule has 0 bridgehead atoms. The Kier molecular flexibility index (Phi) is 6.10. The Hall–Kier alpha value is -1.47. The lowest BCUT2D eigenvalue weighted by molar-refractivity contribution is 1.13. The number of nitrogens with zero attached hydrogens (tertiary/aromatic N) is 2. The minimum Gasteiger partial charge on any atom is -0.378 e. The molecule has 2 rings (SSSR count). The summed E-state index contributed by atoms with van der Waals surface area (Å²) < 4.78 is 0. The fraction of sp³-hybridized carbons (Fsp3) is 0.250. The molecule has 0 aromatic heterocycles. The minimum atomic E-state index is 0. The Morgan fingerprint density at radius 1 is 0.600 bits per heavy atom. The molecule has 2 aromatic rings. The summed E-state index contributed by atoms with van der Waals surface area (Å²) >= 11 is 0. The molecule has 0 atom stereocenters. The first-order valence-corrected chi connectivity index (χ1v) is 7.38. The molecule has 0 fully saturated rings. The van der Waals surface area contributed by atoms with Gasteiger partial charge in [0.1, 0.15) is 0 Å². The number of hydrogen-bond donors (Lipinski definition) is 0. The molecule has 0 aliphatic heterocycles. The molecule has 20 heavy (non-hydrogen) atoms. The summed E-state index contributed by atoms with van der Waals surface area (Å²) in [4.78, 5) is 4.25. The van der Waals surface area contributed by atoms with E-state index < -0.39 is 0 Å². The van der Waals surface area contributed by atoms with Crippen molar-refractivity contribution in [2.24, 2.45) is 0 Å². The van der Waals surface area contributed by atoms with Gasteiger partial charge >= 0.3 is 0 Å². The summed E-state index contributed by atoms with van der Waals surface area (Å²) in [5.41, 5.74) is 2.49. The van der Waals surface area contributed by atoms with Crippen molar-refractivity contribution in [2.75, 3.05) is 38.0 Å². The van der Waals surface area contributed by atoms with Crippen LogP contribution in [0.25, 0.3) is 0 Å². The monoisotopic (exact) mass is 283 g/mol. The zero-order valence-corrected chi connectivity index (χ0v) is 13.6. The van der Waals surface area contributed by atoms with Gasteiger partial charge in [0.2, 0.25) is 0 Å². The molecule has 3 radical (unpaired) electrons. The average molecular weight is 283 g/mol. The normalized spacial score (nSPS) is 9.80. The van der Waals surface area contributed by atoms with Crippen molar-refractivity contribution in [2.45, 2.75) is 0 Å². The van der Waals surface area contributed by atoms with Gasteiger partial charge in [-0.15, -0.1) is 0 Å². The highest BCUT2D eigenvalue weighted by Crippen LogP contribution is 2.16. The maximum absolute atomic E-state index is 2.22. The third-order valence-corrected chi connectivity index (χ3v) is 4.30. The lowest BCUT2D eigenvalue weighted by atomic mass is 10.3. The van der Waals surface area contributed by atoms with Crippen LogP contribution in [0, 0.1) is 0 Å². The van der Waals surface area contributed by atoms with E-state index in [4.69, 9.17) is 0 Å². The molecule has 0 N–H and O–H groups in total. The van der Waals surface area contributed by atoms with Gasteiger partial charge in [-0.05, 0) is 34.9 Å². The van der Waals surface area contributed by atoms with E-state index in [-0.39, 0.29) is 8.41 Å². The summed E-state index contributed by atoms with van der Waals surface area (Å²) in [5, 5.41) is 2.76. The van der Waals surface area contributed by atoms with Crippen molar-refractivity contribution in [1.82, 2.24) is 0 Å². The van der Waals surface area contributed by atoms with E-state index in [1.807, 2.05) is 0 Å². The molecule has 0 heterocycles. The van der Waals surface area contributed by atoms with Crippen LogP contribution in [0.3, 0.4) is 0 Å². The molecule has 4 heteroatoms. The lowest BCUT2D eigenvalue weighted by Crippen LogP contribution is -2.11. The predicted octanol–water partition coefficient (Wildman–Crippen LogP) is 2.07. The number of anilines is 2. The van der Waals surface area contributed by atoms with Crippen molar-refractivity contribution in [1.29, 1.82) is 0 Å². The molecular formula is C16H21BN2P. The van der Waals surface area contributed by atoms with Crippen molar-refractivity contribution in [3.05, 3.63) is 48.5 Å². The highest BCUT2D eigenvalue weighted by atomic mass is 31.1. The van der Waals surface area contributed by atoms with Crippen LogP contribution in [0.1, 0.15) is 0 Å². The Morgan fingerprint density at radius 3 is 1.15 bits per heavy atom. The molecule has 0 saturated heterocycles. The lowest BCUT2D eigenvalue weighted by Gasteiger charge is -2.14. The summed E-state index contributed by atoms with van der Waals surface area (Å²) in [6, 6.07) is 17.6. The summed E-state index contributed by atoms with van der Waals surface area (Å²) in [6.07, 6.45) is 0. The fourth-order valence-electron chi connectivity index (χ4n) is 1.85. The van der Waals surface area contributed by atoms with E-state index in [2.05, 4.69) is 86.5 Å². The van der Waals surface area contributed by atoms with Gasteiger partial charge < -0.3 is 9.80 Å². The van der Waals surface area contributed by atoms with Gasteiger partial charge in [0.25, 0.3) is 0 Å².